The molecular weight excluding hydrogens is 290 g/mol. The van der Waals surface area contributed by atoms with E-state index in [-0.39, 0.29) is 11.9 Å². The predicted molar refractivity (Wildman–Crippen MR) is 81.2 cm³/mol. The molecule has 0 saturated carbocycles. The number of alkyl halides is 1. The van der Waals surface area contributed by atoms with Gasteiger partial charge in [0.15, 0.2) is 5.65 Å². The molecule has 7 heteroatoms. The summed E-state index contributed by atoms with van der Waals surface area (Å²) >= 11 is 6.06. The van der Waals surface area contributed by atoms with Crippen LogP contribution in [0.2, 0.25) is 0 Å². The Bertz CT molecular complexity index is 674. The van der Waals surface area contributed by atoms with Gasteiger partial charge in [-0.15, -0.1) is 11.6 Å². The maximum atomic E-state index is 11.4. The zero-order chi connectivity index (χ0) is 15.0. The van der Waals surface area contributed by atoms with Crippen LogP contribution in [0, 0.1) is 0 Å². The van der Waals surface area contributed by atoms with Gasteiger partial charge in [-0.2, -0.15) is 5.10 Å². The molecule has 3 rings (SSSR count). The molecule has 1 N–H and O–H groups in total. The standard InChI is InChI=1S/C14H20ClN5O/c1-3-4-10-13-14(19(2)18-10)20(11(7-15)17-13)8-9-5-6-12(21)16-9/h9H,3-8H2,1-2H3,(H,16,21). The van der Waals surface area contributed by atoms with E-state index in [1.165, 1.54) is 0 Å². The maximum absolute atomic E-state index is 11.4. The number of hydrogen-bond donors (Lipinski definition) is 1. The van der Waals surface area contributed by atoms with Gasteiger partial charge in [-0.25, -0.2) is 4.98 Å². The number of carbonyl (C=O) groups is 1. The van der Waals surface area contributed by atoms with Crippen LogP contribution in [-0.2, 0) is 30.7 Å². The van der Waals surface area contributed by atoms with E-state index in [0.717, 1.165) is 41.9 Å². The van der Waals surface area contributed by atoms with Crippen LogP contribution in [0.1, 0.15) is 37.7 Å². The molecule has 1 unspecified atom stereocenters. The lowest BCUT2D eigenvalue weighted by Crippen LogP contribution is -2.30. The van der Waals surface area contributed by atoms with E-state index in [1.807, 2.05) is 11.7 Å². The van der Waals surface area contributed by atoms with Crippen molar-refractivity contribution in [1.29, 1.82) is 0 Å². The monoisotopic (exact) mass is 309 g/mol. The van der Waals surface area contributed by atoms with Crippen molar-refractivity contribution in [2.24, 2.45) is 7.05 Å². The second-order valence-corrected chi connectivity index (χ2v) is 5.84. The molecule has 1 amide bonds. The van der Waals surface area contributed by atoms with Gasteiger partial charge in [0.25, 0.3) is 0 Å². The molecule has 21 heavy (non-hydrogen) atoms. The summed E-state index contributed by atoms with van der Waals surface area (Å²) in [5, 5.41) is 7.57. The Labute approximate surface area is 128 Å². The van der Waals surface area contributed by atoms with Crippen molar-refractivity contribution in [3.8, 4) is 0 Å². The van der Waals surface area contributed by atoms with E-state index < -0.39 is 0 Å². The van der Waals surface area contributed by atoms with E-state index in [1.54, 1.807) is 0 Å². The number of aromatic nitrogens is 4. The third-order valence-electron chi connectivity index (χ3n) is 3.96. The average molecular weight is 310 g/mol. The highest BCUT2D eigenvalue weighted by Crippen LogP contribution is 2.23. The van der Waals surface area contributed by atoms with Crippen LogP contribution in [0.4, 0.5) is 0 Å². The van der Waals surface area contributed by atoms with E-state index in [0.29, 0.717) is 18.8 Å². The van der Waals surface area contributed by atoms with Crippen LogP contribution < -0.4 is 5.32 Å². The number of imidazole rings is 1. The maximum Gasteiger partial charge on any atom is 0.220 e. The fraction of sp³-hybridized carbons (Fsp3) is 0.643. The van der Waals surface area contributed by atoms with Crippen LogP contribution in [0.3, 0.4) is 0 Å². The molecule has 1 atom stereocenters. The SMILES string of the molecule is CCCc1nn(C)c2c1nc(CCl)n2CC1CCC(=O)N1. The van der Waals surface area contributed by atoms with Gasteiger partial charge in [-0.3, -0.25) is 9.48 Å². The van der Waals surface area contributed by atoms with Crippen LogP contribution in [-0.4, -0.2) is 31.3 Å². The van der Waals surface area contributed by atoms with Crippen LogP contribution in [0.25, 0.3) is 11.2 Å². The van der Waals surface area contributed by atoms with Crippen molar-refractivity contribution in [2.75, 3.05) is 0 Å². The predicted octanol–water partition coefficient (Wildman–Crippen LogP) is 1.74. The number of fused-ring (bicyclic) bond motifs is 1. The van der Waals surface area contributed by atoms with E-state index in [4.69, 9.17) is 11.6 Å². The highest BCUT2D eigenvalue weighted by Gasteiger charge is 2.25. The van der Waals surface area contributed by atoms with Crippen LogP contribution >= 0.6 is 11.6 Å². The number of aryl methyl sites for hydroxylation is 2. The summed E-state index contributed by atoms with van der Waals surface area (Å²) in [6, 6.07) is 0.154. The minimum atomic E-state index is 0.125. The van der Waals surface area contributed by atoms with Crippen molar-refractivity contribution in [3.63, 3.8) is 0 Å². The largest absolute Gasteiger partial charge is 0.352 e. The molecule has 114 valence electrons. The molecule has 0 bridgehead atoms. The smallest absolute Gasteiger partial charge is 0.220 e. The van der Waals surface area contributed by atoms with Gasteiger partial charge < -0.3 is 9.88 Å². The number of carbonyl (C=O) groups excluding carboxylic acids is 1. The zero-order valence-corrected chi connectivity index (χ0v) is 13.2. The lowest BCUT2D eigenvalue weighted by molar-refractivity contribution is -0.119. The molecule has 6 nitrogen and oxygen atoms in total. The first-order valence-corrected chi connectivity index (χ1v) is 7.93. The minimum Gasteiger partial charge on any atom is -0.352 e. The second kappa shape index (κ2) is 5.67. The Kier molecular flexibility index (Phi) is 3.89. The first kappa shape index (κ1) is 14.4. The molecule has 1 fully saturated rings. The summed E-state index contributed by atoms with van der Waals surface area (Å²) in [4.78, 5) is 16.0. The summed E-state index contributed by atoms with van der Waals surface area (Å²) in [6.45, 7) is 2.84. The molecule has 0 spiro atoms. The van der Waals surface area contributed by atoms with Gasteiger partial charge >= 0.3 is 0 Å². The molecule has 2 aromatic rings. The summed E-state index contributed by atoms with van der Waals surface area (Å²) in [5.41, 5.74) is 2.96. The van der Waals surface area contributed by atoms with Gasteiger partial charge in [-0.1, -0.05) is 13.3 Å². The first-order chi connectivity index (χ1) is 10.1. The van der Waals surface area contributed by atoms with Crippen molar-refractivity contribution in [2.45, 2.75) is 51.1 Å². The van der Waals surface area contributed by atoms with Gasteiger partial charge in [0.1, 0.15) is 11.3 Å². The van der Waals surface area contributed by atoms with Gasteiger partial charge in [0.2, 0.25) is 5.91 Å². The molecule has 2 aromatic heterocycles. The number of rotatable bonds is 5. The molecule has 1 aliphatic rings. The second-order valence-electron chi connectivity index (χ2n) is 5.57. The third kappa shape index (κ3) is 2.52. The Morgan fingerprint density at radius 2 is 2.29 bits per heavy atom. The third-order valence-corrected chi connectivity index (χ3v) is 4.20. The highest BCUT2D eigenvalue weighted by molar-refractivity contribution is 6.16. The first-order valence-electron chi connectivity index (χ1n) is 7.40. The number of halogens is 1. The van der Waals surface area contributed by atoms with E-state index >= 15 is 0 Å². The average Bonchev–Trinajstić information content (AvgIpc) is 3.09. The summed E-state index contributed by atoms with van der Waals surface area (Å²) in [5.74, 6) is 1.33. The fourth-order valence-electron chi connectivity index (χ4n) is 3.02. The molecular formula is C14H20ClN5O. The van der Waals surface area contributed by atoms with Crippen LogP contribution in [0.15, 0.2) is 0 Å². The van der Waals surface area contributed by atoms with Crippen molar-refractivity contribution in [1.82, 2.24) is 24.6 Å². The Morgan fingerprint density at radius 1 is 1.48 bits per heavy atom. The quantitative estimate of drug-likeness (QED) is 0.856. The van der Waals surface area contributed by atoms with Gasteiger partial charge in [-0.05, 0) is 12.8 Å². The lowest BCUT2D eigenvalue weighted by atomic mass is 10.2. The summed E-state index contributed by atoms with van der Waals surface area (Å²) < 4.78 is 3.98. The normalized spacial score (nSPS) is 18.6. The summed E-state index contributed by atoms with van der Waals surface area (Å²) in [7, 11) is 1.94. The van der Waals surface area contributed by atoms with Crippen molar-refractivity contribution < 1.29 is 4.79 Å². The highest BCUT2D eigenvalue weighted by atomic mass is 35.5. The number of hydrogen-bond acceptors (Lipinski definition) is 3. The van der Waals surface area contributed by atoms with Crippen molar-refractivity contribution in [3.05, 3.63) is 11.5 Å². The molecule has 3 heterocycles. The Morgan fingerprint density at radius 3 is 2.90 bits per heavy atom. The zero-order valence-electron chi connectivity index (χ0n) is 12.4. The molecule has 1 saturated heterocycles. The Hall–Kier alpha value is -1.56. The number of amides is 1. The fourth-order valence-corrected chi connectivity index (χ4v) is 3.22. The van der Waals surface area contributed by atoms with Crippen LogP contribution in [0.5, 0.6) is 0 Å². The number of nitrogens with one attached hydrogen (secondary N) is 1. The summed E-state index contributed by atoms with van der Waals surface area (Å²) in [6.07, 6.45) is 3.41. The Balaban J connectivity index is 2.01. The number of nitrogens with zero attached hydrogens (tertiary/aromatic N) is 4. The van der Waals surface area contributed by atoms with Gasteiger partial charge in [0.05, 0.1) is 11.6 Å². The molecule has 0 aromatic carbocycles. The van der Waals surface area contributed by atoms with E-state index in [9.17, 15) is 4.79 Å². The lowest BCUT2D eigenvalue weighted by Gasteiger charge is -2.13. The molecule has 0 aliphatic carbocycles. The van der Waals surface area contributed by atoms with E-state index in [2.05, 4.69) is 26.9 Å². The molecule has 1 aliphatic heterocycles. The minimum absolute atomic E-state index is 0.125. The molecule has 0 radical (unpaired) electrons. The van der Waals surface area contributed by atoms with Gasteiger partial charge in [0, 0.05) is 26.1 Å². The van der Waals surface area contributed by atoms with Crippen molar-refractivity contribution >= 4 is 28.7 Å². The topological polar surface area (TPSA) is 64.7 Å².